The number of nitrogens with one attached hydrogen (secondary N) is 1. The monoisotopic (exact) mass is 283 g/mol. The average Bonchev–Trinajstić information content (AvgIpc) is 2.53. The summed E-state index contributed by atoms with van der Waals surface area (Å²) < 4.78 is 5.36. The van der Waals surface area contributed by atoms with E-state index in [1.54, 1.807) is 7.11 Å². The van der Waals surface area contributed by atoms with E-state index in [1.165, 1.54) is 29.2 Å². The van der Waals surface area contributed by atoms with Gasteiger partial charge in [-0.2, -0.15) is 0 Å². The highest BCUT2D eigenvalue weighted by molar-refractivity contribution is 5.87. The van der Waals surface area contributed by atoms with Crippen LogP contribution in [0.25, 0.3) is 10.8 Å². The van der Waals surface area contributed by atoms with Crippen molar-refractivity contribution < 1.29 is 4.74 Å². The third-order valence-electron chi connectivity index (χ3n) is 4.02. The molecule has 0 saturated carbocycles. The van der Waals surface area contributed by atoms with Crippen molar-refractivity contribution in [1.29, 1.82) is 0 Å². The molecule has 2 nitrogen and oxygen atoms in total. The summed E-state index contributed by atoms with van der Waals surface area (Å²) in [5.74, 6) is 0.919. The maximum atomic E-state index is 5.36. The molecule has 21 heavy (non-hydrogen) atoms. The van der Waals surface area contributed by atoms with E-state index < -0.39 is 0 Å². The zero-order valence-corrected chi connectivity index (χ0v) is 13.1. The van der Waals surface area contributed by atoms with Gasteiger partial charge >= 0.3 is 0 Å². The standard InChI is InChI=1S/C19H25NO/c1-4-5-6-10-17(20-2)13-16-9-7-8-15-11-12-18(21-3)14-19(15)16/h4,7-9,11-12,14,17,20H,1,5-6,10,13H2,2-3H3. The van der Waals surface area contributed by atoms with Gasteiger partial charge in [0, 0.05) is 6.04 Å². The van der Waals surface area contributed by atoms with E-state index in [-0.39, 0.29) is 0 Å². The molecule has 0 amide bonds. The summed E-state index contributed by atoms with van der Waals surface area (Å²) in [6.07, 6.45) is 6.47. The quantitative estimate of drug-likeness (QED) is 0.575. The van der Waals surface area contributed by atoms with E-state index in [9.17, 15) is 0 Å². The Balaban J connectivity index is 2.21. The Morgan fingerprint density at radius 3 is 2.86 bits per heavy atom. The van der Waals surface area contributed by atoms with Crippen LogP contribution in [0.1, 0.15) is 24.8 Å². The van der Waals surface area contributed by atoms with Crippen molar-refractivity contribution in [2.45, 2.75) is 31.7 Å². The molecule has 0 aliphatic carbocycles. The number of rotatable bonds is 8. The molecule has 1 N–H and O–H groups in total. The number of hydrogen-bond acceptors (Lipinski definition) is 2. The molecule has 0 radical (unpaired) electrons. The molecule has 0 heterocycles. The summed E-state index contributed by atoms with van der Waals surface area (Å²) in [7, 11) is 3.76. The second-order valence-corrected chi connectivity index (χ2v) is 5.41. The van der Waals surface area contributed by atoms with Crippen molar-refractivity contribution in [2.24, 2.45) is 0 Å². The molecule has 1 unspecified atom stereocenters. The minimum Gasteiger partial charge on any atom is -0.497 e. The first-order chi connectivity index (χ1) is 10.3. The lowest BCUT2D eigenvalue weighted by Crippen LogP contribution is -2.27. The Morgan fingerprint density at radius 2 is 2.14 bits per heavy atom. The fourth-order valence-electron chi connectivity index (χ4n) is 2.74. The predicted molar refractivity (Wildman–Crippen MR) is 91.1 cm³/mol. The Morgan fingerprint density at radius 1 is 1.29 bits per heavy atom. The molecule has 2 aromatic rings. The number of allylic oxidation sites excluding steroid dienone is 1. The van der Waals surface area contributed by atoms with Gasteiger partial charge in [-0.25, -0.2) is 0 Å². The molecule has 0 fully saturated rings. The second kappa shape index (κ2) is 7.84. The van der Waals surface area contributed by atoms with Gasteiger partial charge in [-0.1, -0.05) is 30.3 Å². The predicted octanol–water partition coefficient (Wildman–Crippen LogP) is 4.34. The van der Waals surface area contributed by atoms with Crippen LogP contribution in [0.15, 0.2) is 49.1 Å². The SMILES string of the molecule is C=CCCCC(Cc1cccc2ccc(OC)cc12)NC. The maximum absolute atomic E-state index is 5.36. The molecule has 0 aliphatic heterocycles. The van der Waals surface area contributed by atoms with E-state index in [0.717, 1.165) is 18.6 Å². The van der Waals surface area contributed by atoms with E-state index in [4.69, 9.17) is 4.74 Å². The van der Waals surface area contributed by atoms with E-state index in [1.807, 2.05) is 19.2 Å². The number of fused-ring (bicyclic) bond motifs is 1. The molecule has 2 rings (SSSR count). The highest BCUT2D eigenvalue weighted by Crippen LogP contribution is 2.25. The Kier molecular flexibility index (Phi) is 5.82. The summed E-state index contributed by atoms with van der Waals surface area (Å²) in [4.78, 5) is 0. The molecule has 0 spiro atoms. The number of hydrogen-bond donors (Lipinski definition) is 1. The van der Waals surface area contributed by atoms with Gasteiger partial charge in [-0.15, -0.1) is 6.58 Å². The number of likely N-dealkylation sites (N-methyl/N-ethyl adjacent to an activating group) is 1. The summed E-state index contributed by atoms with van der Waals surface area (Å²) in [5, 5.41) is 6.00. The molecular weight excluding hydrogens is 258 g/mol. The average molecular weight is 283 g/mol. The summed E-state index contributed by atoms with van der Waals surface area (Å²) >= 11 is 0. The van der Waals surface area contributed by atoms with Gasteiger partial charge in [0.15, 0.2) is 0 Å². The van der Waals surface area contributed by atoms with Crippen LogP contribution in [0, 0.1) is 0 Å². The minimum absolute atomic E-state index is 0.502. The molecular formula is C19H25NO. The van der Waals surface area contributed by atoms with Crippen LogP contribution in [-0.2, 0) is 6.42 Å². The van der Waals surface area contributed by atoms with Gasteiger partial charge in [0.25, 0.3) is 0 Å². The minimum atomic E-state index is 0.502. The lowest BCUT2D eigenvalue weighted by molar-refractivity contribution is 0.415. The zero-order valence-electron chi connectivity index (χ0n) is 13.1. The highest BCUT2D eigenvalue weighted by atomic mass is 16.5. The van der Waals surface area contributed by atoms with Crippen LogP contribution >= 0.6 is 0 Å². The molecule has 2 heteroatoms. The van der Waals surface area contributed by atoms with E-state index in [2.05, 4.69) is 42.2 Å². The molecule has 0 aliphatic rings. The van der Waals surface area contributed by atoms with Gasteiger partial charge in [-0.05, 0) is 61.2 Å². The smallest absolute Gasteiger partial charge is 0.119 e. The molecule has 112 valence electrons. The van der Waals surface area contributed by atoms with Crippen molar-refractivity contribution in [3.63, 3.8) is 0 Å². The molecule has 2 aromatic carbocycles. The number of benzene rings is 2. The fraction of sp³-hybridized carbons (Fsp3) is 0.368. The zero-order chi connectivity index (χ0) is 15.1. The molecule has 0 aromatic heterocycles. The van der Waals surface area contributed by atoms with Crippen LogP contribution in [0.4, 0.5) is 0 Å². The lowest BCUT2D eigenvalue weighted by atomic mass is 9.96. The van der Waals surface area contributed by atoms with Crippen LogP contribution in [0.3, 0.4) is 0 Å². The topological polar surface area (TPSA) is 21.3 Å². The largest absolute Gasteiger partial charge is 0.497 e. The van der Waals surface area contributed by atoms with Crippen molar-refractivity contribution in [3.8, 4) is 5.75 Å². The number of ether oxygens (including phenoxy) is 1. The Bertz CT molecular complexity index is 591. The summed E-state index contributed by atoms with van der Waals surface area (Å²) in [5.41, 5.74) is 1.38. The molecule has 1 atom stereocenters. The van der Waals surface area contributed by atoms with Gasteiger partial charge in [0.1, 0.15) is 5.75 Å². The molecule has 0 saturated heterocycles. The molecule has 0 bridgehead atoms. The first-order valence-electron chi connectivity index (χ1n) is 7.62. The second-order valence-electron chi connectivity index (χ2n) is 5.41. The van der Waals surface area contributed by atoms with Gasteiger partial charge < -0.3 is 10.1 Å². The first-order valence-corrected chi connectivity index (χ1v) is 7.62. The highest BCUT2D eigenvalue weighted by Gasteiger charge is 2.10. The van der Waals surface area contributed by atoms with E-state index >= 15 is 0 Å². The fourth-order valence-corrected chi connectivity index (χ4v) is 2.74. The van der Waals surface area contributed by atoms with Crippen molar-refractivity contribution >= 4 is 10.8 Å². The number of methoxy groups -OCH3 is 1. The van der Waals surface area contributed by atoms with Crippen LogP contribution in [0.5, 0.6) is 5.75 Å². The Labute approximate surface area is 127 Å². The van der Waals surface area contributed by atoms with Gasteiger partial charge in [0.05, 0.1) is 7.11 Å². The van der Waals surface area contributed by atoms with Crippen molar-refractivity contribution in [2.75, 3.05) is 14.2 Å². The van der Waals surface area contributed by atoms with Crippen LogP contribution < -0.4 is 10.1 Å². The third kappa shape index (κ3) is 4.08. The van der Waals surface area contributed by atoms with Gasteiger partial charge in [0.2, 0.25) is 0 Å². The maximum Gasteiger partial charge on any atom is 0.119 e. The summed E-state index contributed by atoms with van der Waals surface area (Å²) in [6, 6.07) is 13.3. The van der Waals surface area contributed by atoms with Gasteiger partial charge in [-0.3, -0.25) is 0 Å². The van der Waals surface area contributed by atoms with Crippen LogP contribution in [0.2, 0.25) is 0 Å². The third-order valence-corrected chi connectivity index (χ3v) is 4.02. The van der Waals surface area contributed by atoms with Crippen LogP contribution in [-0.4, -0.2) is 20.2 Å². The van der Waals surface area contributed by atoms with E-state index in [0.29, 0.717) is 6.04 Å². The number of unbranched alkanes of at least 4 members (excludes halogenated alkanes) is 1. The normalized spacial score (nSPS) is 12.3. The van der Waals surface area contributed by atoms with Crippen molar-refractivity contribution in [3.05, 3.63) is 54.6 Å². The lowest BCUT2D eigenvalue weighted by Gasteiger charge is -2.17. The van der Waals surface area contributed by atoms with Crippen molar-refractivity contribution in [1.82, 2.24) is 5.32 Å². The summed E-state index contributed by atoms with van der Waals surface area (Å²) in [6.45, 7) is 3.79. The Hall–Kier alpha value is -1.80. The first kappa shape index (κ1) is 15.6.